The first-order valence-corrected chi connectivity index (χ1v) is 11.2. The summed E-state index contributed by atoms with van der Waals surface area (Å²) in [5, 5.41) is 2.91. The lowest BCUT2D eigenvalue weighted by Gasteiger charge is -2.25. The van der Waals surface area contributed by atoms with Gasteiger partial charge in [-0.25, -0.2) is 0 Å². The normalized spacial score (nSPS) is 19.3. The molecule has 8 nitrogen and oxygen atoms in total. The van der Waals surface area contributed by atoms with Gasteiger partial charge >= 0.3 is 0 Å². The van der Waals surface area contributed by atoms with E-state index in [0.717, 1.165) is 6.42 Å². The molecule has 0 unspecified atom stereocenters. The SMILES string of the molecule is COCCOc1ccc(NC(=O)[C@@H]2CCCN2C2=NS(=O)(=O)c3ccccc32)cc1. The molecule has 0 aliphatic carbocycles. The van der Waals surface area contributed by atoms with Crippen LogP contribution in [-0.4, -0.2) is 58.0 Å². The highest BCUT2D eigenvalue weighted by atomic mass is 32.2. The van der Waals surface area contributed by atoms with Crippen LogP contribution in [0.3, 0.4) is 0 Å². The van der Waals surface area contributed by atoms with Gasteiger partial charge in [0.05, 0.1) is 6.61 Å². The van der Waals surface area contributed by atoms with Crippen molar-refractivity contribution in [3.8, 4) is 5.75 Å². The van der Waals surface area contributed by atoms with Gasteiger partial charge in [-0.1, -0.05) is 12.1 Å². The van der Waals surface area contributed by atoms with Gasteiger partial charge in [-0.05, 0) is 49.2 Å². The fourth-order valence-electron chi connectivity index (χ4n) is 3.69. The standard InChI is InChI=1S/C21H23N3O5S/c1-28-13-14-29-16-10-8-15(9-11-16)22-21(25)18-6-4-12-24(18)20-17-5-2-3-7-19(17)30(26,27)23-20/h2-3,5,7-11,18H,4,6,12-14H2,1H3,(H,22,25)/t18-/m0/s1. The van der Waals surface area contributed by atoms with E-state index in [0.29, 0.717) is 49.0 Å². The van der Waals surface area contributed by atoms with Crippen LogP contribution >= 0.6 is 0 Å². The van der Waals surface area contributed by atoms with Crippen LogP contribution in [0, 0.1) is 0 Å². The van der Waals surface area contributed by atoms with Crippen LogP contribution in [0.5, 0.6) is 5.75 Å². The van der Waals surface area contributed by atoms with Gasteiger partial charge in [0, 0.05) is 24.9 Å². The summed E-state index contributed by atoms with van der Waals surface area (Å²) in [6.45, 7) is 1.53. The zero-order chi connectivity index (χ0) is 21.1. The number of nitrogens with zero attached hydrogens (tertiary/aromatic N) is 2. The van der Waals surface area contributed by atoms with Crippen molar-refractivity contribution in [2.75, 3.05) is 32.2 Å². The molecule has 158 valence electrons. The van der Waals surface area contributed by atoms with E-state index >= 15 is 0 Å². The van der Waals surface area contributed by atoms with Gasteiger partial charge in [0.2, 0.25) is 5.91 Å². The zero-order valence-electron chi connectivity index (χ0n) is 16.6. The highest BCUT2D eigenvalue weighted by molar-refractivity contribution is 7.90. The van der Waals surface area contributed by atoms with Crippen molar-refractivity contribution in [2.45, 2.75) is 23.8 Å². The van der Waals surface area contributed by atoms with Crippen molar-refractivity contribution in [3.05, 3.63) is 54.1 Å². The summed E-state index contributed by atoms with van der Waals surface area (Å²) >= 11 is 0. The fourth-order valence-corrected chi connectivity index (χ4v) is 4.91. The molecule has 2 aliphatic rings. The third-order valence-corrected chi connectivity index (χ3v) is 6.44. The first-order valence-electron chi connectivity index (χ1n) is 9.73. The molecule has 4 rings (SSSR count). The lowest BCUT2D eigenvalue weighted by atomic mass is 10.1. The van der Waals surface area contributed by atoms with E-state index in [9.17, 15) is 13.2 Å². The summed E-state index contributed by atoms with van der Waals surface area (Å²) in [6, 6.07) is 13.3. The van der Waals surface area contributed by atoms with Crippen molar-refractivity contribution in [3.63, 3.8) is 0 Å². The Hall–Kier alpha value is -2.91. The Bertz CT molecular complexity index is 1070. The average Bonchev–Trinajstić information content (AvgIpc) is 3.32. The van der Waals surface area contributed by atoms with Gasteiger partial charge in [0.15, 0.2) is 5.84 Å². The second-order valence-electron chi connectivity index (χ2n) is 7.09. The molecular weight excluding hydrogens is 406 g/mol. The molecule has 1 saturated heterocycles. The maximum absolute atomic E-state index is 12.9. The number of hydrogen-bond donors (Lipinski definition) is 1. The van der Waals surface area contributed by atoms with Gasteiger partial charge < -0.3 is 19.7 Å². The van der Waals surface area contributed by atoms with Crippen LogP contribution in [0.2, 0.25) is 0 Å². The van der Waals surface area contributed by atoms with E-state index in [-0.39, 0.29) is 10.8 Å². The Balaban J connectivity index is 1.47. The Morgan fingerprint density at radius 2 is 1.93 bits per heavy atom. The molecule has 30 heavy (non-hydrogen) atoms. The zero-order valence-corrected chi connectivity index (χ0v) is 17.4. The summed E-state index contributed by atoms with van der Waals surface area (Å²) in [6.07, 6.45) is 1.41. The molecule has 2 aliphatic heterocycles. The van der Waals surface area contributed by atoms with E-state index in [1.807, 2.05) is 0 Å². The maximum atomic E-state index is 12.9. The molecule has 0 spiro atoms. The Labute approximate surface area is 175 Å². The van der Waals surface area contributed by atoms with Gasteiger partial charge in [-0.15, -0.1) is 4.40 Å². The molecular formula is C21H23N3O5S. The monoisotopic (exact) mass is 429 g/mol. The number of nitrogens with one attached hydrogen (secondary N) is 1. The third kappa shape index (κ3) is 4.03. The number of carbonyl (C=O) groups excluding carboxylic acids is 1. The van der Waals surface area contributed by atoms with Gasteiger partial charge in [0.1, 0.15) is 23.3 Å². The van der Waals surface area contributed by atoms with Crippen molar-refractivity contribution < 1.29 is 22.7 Å². The van der Waals surface area contributed by atoms with Crippen LogP contribution in [0.25, 0.3) is 0 Å². The van der Waals surface area contributed by atoms with Gasteiger partial charge in [-0.3, -0.25) is 4.79 Å². The van der Waals surface area contributed by atoms with E-state index < -0.39 is 16.1 Å². The molecule has 1 atom stereocenters. The topological polar surface area (TPSA) is 97.3 Å². The Kier molecular flexibility index (Phi) is 5.74. The van der Waals surface area contributed by atoms with E-state index in [4.69, 9.17) is 9.47 Å². The van der Waals surface area contributed by atoms with Crippen molar-refractivity contribution >= 4 is 27.5 Å². The number of fused-ring (bicyclic) bond motifs is 1. The third-order valence-electron chi connectivity index (χ3n) is 5.12. The molecule has 2 aromatic carbocycles. The molecule has 2 heterocycles. The van der Waals surface area contributed by atoms with Gasteiger partial charge in [-0.2, -0.15) is 8.42 Å². The summed E-state index contributed by atoms with van der Waals surface area (Å²) in [5.74, 6) is 0.852. The molecule has 0 bridgehead atoms. The van der Waals surface area contributed by atoms with Crippen LogP contribution in [0.15, 0.2) is 57.8 Å². The molecule has 0 radical (unpaired) electrons. The molecule has 1 fully saturated rings. The summed E-state index contributed by atoms with van der Waals surface area (Å²) in [7, 11) is -2.11. The lowest BCUT2D eigenvalue weighted by molar-refractivity contribution is -0.119. The van der Waals surface area contributed by atoms with Crippen LogP contribution in [0.1, 0.15) is 18.4 Å². The number of carbonyl (C=O) groups is 1. The molecule has 1 N–H and O–H groups in total. The predicted octanol–water partition coefficient (Wildman–Crippen LogP) is 2.26. The number of rotatable bonds is 6. The van der Waals surface area contributed by atoms with Crippen LogP contribution in [0.4, 0.5) is 5.69 Å². The van der Waals surface area contributed by atoms with Crippen LogP contribution < -0.4 is 10.1 Å². The van der Waals surface area contributed by atoms with Gasteiger partial charge in [0.25, 0.3) is 10.0 Å². The second kappa shape index (κ2) is 8.45. The highest BCUT2D eigenvalue weighted by Crippen LogP contribution is 2.31. The molecule has 0 aromatic heterocycles. The lowest BCUT2D eigenvalue weighted by Crippen LogP contribution is -2.43. The highest BCUT2D eigenvalue weighted by Gasteiger charge is 2.39. The van der Waals surface area contributed by atoms with E-state index in [1.165, 1.54) is 0 Å². The minimum absolute atomic E-state index is 0.190. The minimum Gasteiger partial charge on any atom is -0.491 e. The second-order valence-corrected chi connectivity index (χ2v) is 8.66. The van der Waals surface area contributed by atoms with Crippen molar-refractivity contribution in [1.82, 2.24) is 4.90 Å². The number of sulfonamides is 1. The fraction of sp³-hybridized carbons (Fsp3) is 0.333. The Morgan fingerprint density at radius 3 is 2.70 bits per heavy atom. The minimum atomic E-state index is -3.72. The number of anilines is 1. The number of benzene rings is 2. The number of methoxy groups -OCH3 is 1. The number of amides is 1. The summed E-state index contributed by atoms with van der Waals surface area (Å²) in [4.78, 5) is 14.9. The van der Waals surface area contributed by atoms with Crippen molar-refractivity contribution in [1.29, 1.82) is 0 Å². The summed E-state index contributed by atoms with van der Waals surface area (Å²) in [5.41, 5.74) is 1.20. The molecule has 2 aromatic rings. The molecule has 9 heteroatoms. The Morgan fingerprint density at radius 1 is 1.17 bits per heavy atom. The van der Waals surface area contributed by atoms with E-state index in [1.54, 1.807) is 60.5 Å². The molecule has 0 saturated carbocycles. The average molecular weight is 429 g/mol. The smallest absolute Gasteiger partial charge is 0.285 e. The predicted molar refractivity (Wildman–Crippen MR) is 112 cm³/mol. The largest absolute Gasteiger partial charge is 0.491 e. The van der Waals surface area contributed by atoms with Crippen molar-refractivity contribution in [2.24, 2.45) is 4.40 Å². The maximum Gasteiger partial charge on any atom is 0.285 e. The first-order chi connectivity index (χ1) is 14.5. The number of likely N-dealkylation sites (tertiary alicyclic amines) is 1. The first kappa shape index (κ1) is 20.4. The number of ether oxygens (including phenoxy) is 2. The number of hydrogen-bond acceptors (Lipinski definition) is 6. The van der Waals surface area contributed by atoms with Crippen LogP contribution in [-0.2, 0) is 19.6 Å². The quantitative estimate of drug-likeness (QED) is 0.708. The summed E-state index contributed by atoms with van der Waals surface area (Å²) < 4.78 is 39.2. The molecule has 1 amide bonds. The van der Waals surface area contributed by atoms with E-state index in [2.05, 4.69) is 9.71 Å². The number of amidine groups is 1.